The fraction of sp³-hybridized carbons (Fsp3) is 0.857. The smallest absolute Gasteiger partial charge is 0.246 e. The Balaban J connectivity index is 1.79. The molecule has 0 amide bonds. The van der Waals surface area contributed by atoms with Gasteiger partial charge < -0.3 is 10.3 Å². The van der Waals surface area contributed by atoms with Crippen LogP contribution in [-0.4, -0.2) is 40.1 Å². The first-order chi connectivity index (χ1) is 9.58. The Morgan fingerprint density at radius 2 is 2.35 bits per heavy atom. The minimum atomic E-state index is -0.413. The number of aromatic nitrogens is 2. The van der Waals surface area contributed by atoms with Crippen molar-refractivity contribution in [3.63, 3.8) is 0 Å². The Labute approximate surface area is 124 Å². The van der Waals surface area contributed by atoms with Crippen molar-refractivity contribution in [3.8, 4) is 0 Å². The molecular formula is C14H24N4OS. The zero-order valence-corrected chi connectivity index (χ0v) is 13.2. The zero-order valence-electron chi connectivity index (χ0n) is 12.3. The summed E-state index contributed by atoms with van der Waals surface area (Å²) in [5.74, 6) is 4.29. The zero-order chi connectivity index (χ0) is 14.2. The van der Waals surface area contributed by atoms with E-state index in [0.29, 0.717) is 11.8 Å². The maximum atomic E-state index is 6.53. The van der Waals surface area contributed by atoms with Gasteiger partial charge in [0.1, 0.15) is 0 Å². The van der Waals surface area contributed by atoms with E-state index in [0.717, 1.165) is 37.4 Å². The Morgan fingerprint density at radius 3 is 3.10 bits per heavy atom. The minimum Gasteiger partial charge on any atom is -0.337 e. The molecule has 3 atom stereocenters. The van der Waals surface area contributed by atoms with Crippen LogP contribution >= 0.6 is 11.8 Å². The van der Waals surface area contributed by atoms with Crippen LogP contribution in [0.4, 0.5) is 0 Å². The summed E-state index contributed by atoms with van der Waals surface area (Å²) >= 11 is 1.95. The van der Waals surface area contributed by atoms with Crippen LogP contribution in [0.5, 0.6) is 0 Å². The lowest BCUT2D eigenvalue weighted by molar-refractivity contribution is 0.182. The summed E-state index contributed by atoms with van der Waals surface area (Å²) in [6.45, 7) is 3.33. The molecule has 2 fully saturated rings. The average Bonchev–Trinajstić information content (AvgIpc) is 2.89. The molecule has 1 aliphatic carbocycles. The molecule has 0 aromatic carbocycles. The number of hydrogen-bond donors (Lipinski definition) is 1. The second-order valence-electron chi connectivity index (χ2n) is 6.39. The molecule has 6 heteroatoms. The lowest BCUT2D eigenvalue weighted by atomic mass is 9.77. The minimum absolute atomic E-state index is 0.260. The Kier molecular flexibility index (Phi) is 4.06. The first-order valence-corrected chi connectivity index (χ1v) is 8.65. The van der Waals surface area contributed by atoms with E-state index in [1.54, 1.807) is 0 Å². The molecule has 1 saturated heterocycles. The highest BCUT2D eigenvalue weighted by atomic mass is 32.2. The van der Waals surface area contributed by atoms with Crippen LogP contribution in [0.2, 0.25) is 0 Å². The van der Waals surface area contributed by atoms with Gasteiger partial charge in [0.25, 0.3) is 0 Å². The van der Waals surface area contributed by atoms with Gasteiger partial charge in [-0.25, -0.2) is 0 Å². The summed E-state index contributed by atoms with van der Waals surface area (Å²) in [7, 11) is 2.13. The number of nitrogens with zero attached hydrogens (tertiary/aromatic N) is 3. The van der Waals surface area contributed by atoms with Crippen LogP contribution in [-0.2, 0) is 5.54 Å². The first kappa shape index (κ1) is 14.4. The first-order valence-electron chi connectivity index (χ1n) is 7.49. The van der Waals surface area contributed by atoms with Crippen LogP contribution in [0, 0.1) is 5.92 Å². The summed E-state index contributed by atoms with van der Waals surface area (Å²) in [5, 5.41) is 4.21. The lowest BCUT2D eigenvalue weighted by Gasteiger charge is -2.33. The summed E-state index contributed by atoms with van der Waals surface area (Å²) in [6, 6.07) is 0.260. The molecule has 0 bridgehead atoms. The largest absolute Gasteiger partial charge is 0.337 e. The second kappa shape index (κ2) is 5.66. The molecule has 112 valence electrons. The number of rotatable bonds is 2. The predicted molar refractivity (Wildman–Crippen MR) is 80.5 cm³/mol. The van der Waals surface area contributed by atoms with E-state index in [4.69, 9.17) is 10.3 Å². The standard InChI is InChI=1S/C14H24N4OS/c1-10-4-3-5-14(15,8-10)13-16-12(17-19-13)11-9-20-7-6-18(11)2/h10-11H,3-9,15H2,1-2H3. The molecule has 3 rings (SSSR count). The van der Waals surface area contributed by atoms with E-state index < -0.39 is 5.54 Å². The highest BCUT2D eigenvalue weighted by Gasteiger charge is 2.38. The van der Waals surface area contributed by atoms with Gasteiger partial charge in [0.2, 0.25) is 5.89 Å². The summed E-state index contributed by atoms with van der Waals surface area (Å²) in [5.41, 5.74) is 6.12. The Hall–Kier alpha value is -0.590. The molecule has 1 saturated carbocycles. The molecule has 0 radical (unpaired) electrons. The van der Waals surface area contributed by atoms with E-state index in [1.165, 1.54) is 12.2 Å². The quantitative estimate of drug-likeness (QED) is 0.902. The van der Waals surface area contributed by atoms with Crippen LogP contribution < -0.4 is 5.73 Å². The number of hydrogen-bond acceptors (Lipinski definition) is 6. The third-order valence-corrected chi connectivity index (χ3v) is 5.62. The van der Waals surface area contributed by atoms with Crippen molar-refractivity contribution in [1.29, 1.82) is 0 Å². The molecule has 1 aromatic rings. The molecule has 0 spiro atoms. The Bertz CT molecular complexity index is 466. The van der Waals surface area contributed by atoms with E-state index in [1.807, 2.05) is 11.8 Å². The van der Waals surface area contributed by atoms with E-state index in [2.05, 4.69) is 29.0 Å². The maximum absolute atomic E-state index is 6.53. The van der Waals surface area contributed by atoms with Gasteiger partial charge in [-0.1, -0.05) is 24.9 Å². The highest BCUT2D eigenvalue weighted by Crippen LogP contribution is 2.37. The predicted octanol–water partition coefficient (Wildman–Crippen LogP) is 2.15. The molecule has 2 heterocycles. The van der Waals surface area contributed by atoms with Crippen LogP contribution in [0.1, 0.15) is 50.4 Å². The van der Waals surface area contributed by atoms with Gasteiger partial charge in [-0.2, -0.15) is 16.7 Å². The second-order valence-corrected chi connectivity index (χ2v) is 7.54. The molecular weight excluding hydrogens is 272 g/mol. The highest BCUT2D eigenvalue weighted by molar-refractivity contribution is 7.99. The normalized spacial score (nSPS) is 36.1. The maximum Gasteiger partial charge on any atom is 0.246 e. The van der Waals surface area contributed by atoms with Crippen LogP contribution in [0.3, 0.4) is 0 Å². The number of thioether (sulfide) groups is 1. The van der Waals surface area contributed by atoms with Crippen molar-refractivity contribution >= 4 is 11.8 Å². The van der Waals surface area contributed by atoms with Gasteiger partial charge in [-0.3, -0.25) is 4.90 Å². The van der Waals surface area contributed by atoms with Crippen molar-refractivity contribution in [1.82, 2.24) is 15.0 Å². The van der Waals surface area contributed by atoms with Gasteiger partial charge in [0.15, 0.2) is 5.82 Å². The van der Waals surface area contributed by atoms with Crippen molar-refractivity contribution in [2.75, 3.05) is 25.1 Å². The van der Waals surface area contributed by atoms with Gasteiger partial charge in [0, 0.05) is 18.1 Å². The fourth-order valence-corrected chi connectivity index (χ4v) is 4.53. The molecule has 2 aliphatic rings. The molecule has 20 heavy (non-hydrogen) atoms. The third kappa shape index (κ3) is 2.73. The van der Waals surface area contributed by atoms with Crippen molar-refractivity contribution in [3.05, 3.63) is 11.7 Å². The van der Waals surface area contributed by atoms with Gasteiger partial charge >= 0.3 is 0 Å². The fourth-order valence-electron chi connectivity index (χ4n) is 3.32. The van der Waals surface area contributed by atoms with Gasteiger partial charge in [-0.15, -0.1) is 0 Å². The van der Waals surface area contributed by atoms with E-state index in [-0.39, 0.29) is 6.04 Å². The number of nitrogens with two attached hydrogens (primary N) is 1. The molecule has 2 N–H and O–H groups in total. The van der Waals surface area contributed by atoms with Crippen molar-refractivity contribution < 1.29 is 4.52 Å². The molecule has 1 aliphatic heterocycles. The van der Waals surface area contributed by atoms with Crippen LogP contribution in [0.25, 0.3) is 0 Å². The van der Waals surface area contributed by atoms with Crippen molar-refractivity contribution in [2.45, 2.75) is 44.2 Å². The van der Waals surface area contributed by atoms with Crippen LogP contribution in [0.15, 0.2) is 4.52 Å². The molecule has 5 nitrogen and oxygen atoms in total. The Morgan fingerprint density at radius 1 is 1.50 bits per heavy atom. The summed E-state index contributed by atoms with van der Waals surface area (Å²) in [6.07, 6.45) is 4.30. The topological polar surface area (TPSA) is 68.2 Å². The monoisotopic (exact) mass is 296 g/mol. The van der Waals surface area contributed by atoms with E-state index in [9.17, 15) is 0 Å². The SMILES string of the molecule is CC1CCCC(N)(c2nc(C3CSCCN3C)no2)C1. The summed E-state index contributed by atoms with van der Waals surface area (Å²) in [4.78, 5) is 6.96. The van der Waals surface area contributed by atoms with Gasteiger partial charge in [-0.05, 0) is 25.8 Å². The molecule has 1 aromatic heterocycles. The van der Waals surface area contributed by atoms with Crippen molar-refractivity contribution in [2.24, 2.45) is 11.7 Å². The van der Waals surface area contributed by atoms with E-state index >= 15 is 0 Å². The lowest BCUT2D eigenvalue weighted by Crippen LogP contribution is -2.41. The third-order valence-electron chi connectivity index (χ3n) is 4.59. The van der Waals surface area contributed by atoms with Gasteiger partial charge in [0.05, 0.1) is 11.6 Å². The molecule has 3 unspecified atom stereocenters. The summed E-state index contributed by atoms with van der Waals surface area (Å²) < 4.78 is 5.53. The average molecular weight is 296 g/mol.